The van der Waals surface area contributed by atoms with Gasteiger partial charge >= 0.3 is 0 Å². The number of non-ortho nitro benzene ring substituents is 1. The minimum absolute atomic E-state index is 0.0246. The molecule has 144 valence electrons. The quantitative estimate of drug-likeness (QED) is 0.432. The Morgan fingerprint density at radius 3 is 2.50 bits per heavy atom. The van der Waals surface area contributed by atoms with E-state index in [9.17, 15) is 28.9 Å². The van der Waals surface area contributed by atoms with E-state index >= 15 is 0 Å². The van der Waals surface area contributed by atoms with E-state index in [1.165, 1.54) is 29.2 Å². The molecular weight excluding hydrogens is 369 g/mol. The smallest absolute Gasteiger partial charge is 0.270 e. The summed E-state index contributed by atoms with van der Waals surface area (Å²) in [5.41, 5.74) is 0.194. The van der Waals surface area contributed by atoms with Gasteiger partial charge in [0.2, 0.25) is 5.91 Å². The average molecular weight is 385 g/mol. The number of amides is 3. The van der Waals surface area contributed by atoms with E-state index in [4.69, 9.17) is 0 Å². The van der Waals surface area contributed by atoms with Crippen LogP contribution in [0.5, 0.6) is 0 Å². The zero-order chi connectivity index (χ0) is 20.4. The zero-order valence-corrected chi connectivity index (χ0v) is 14.9. The van der Waals surface area contributed by atoms with Crippen molar-refractivity contribution in [1.82, 2.24) is 9.80 Å². The highest BCUT2D eigenvalue weighted by Gasteiger charge is 2.38. The maximum atomic E-state index is 13.3. The van der Waals surface area contributed by atoms with Crippen LogP contribution in [0.1, 0.15) is 33.2 Å². The van der Waals surface area contributed by atoms with Crippen LogP contribution in [-0.2, 0) is 11.3 Å². The number of benzene rings is 2. The highest BCUT2D eigenvalue weighted by Crippen LogP contribution is 2.26. The Labute approximate surface area is 159 Å². The lowest BCUT2D eigenvalue weighted by atomic mass is 10.1. The van der Waals surface area contributed by atoms with Crippen LogP contribution in [-0.4, -0.2) is 45.5 Å². The summed E-state index contributed by atoms with van der Waals surface area (Å²) < 4.78 is 13.3. The summed E-state index contributed by atoms with van der Waals surface area (Å²) in [6, 6.07) is 9.17. The third-order valence-electron chi connectivity index (χ3n) is 4.46. The molecule has 1 heterocycles. The van der Waals surface area contributed by atoms with Crippen LogP contribution < -0.4 is 0 Å². The maximum absolute atomic E-state index is 13.3. The predicted octanol–water partition coefficient (Wildman–Crippen LogP) is 2.38. The number of hydrogen-bond donors (Lipinski definition) is 0. The lowest BCUT2D eigenvalue weighted by Crippen LogP contribution is -2.42. The number of nitrogens with zero attached hydrogens (tertiary/aromatic N) is 3. The van der Waals surface area contributed by atoms with Crippen molar-refractivity contribution in [3.63, 3.8) is 0 Å². The first kappa shape index (κ1) is 19.2. The minimum atomic E-state index is -0.751. The van der Waals surface area contributed by atoms with Gasteiger partial charge in [-0.3, -0.25) is 29.4 Å². The molecule has 0 saturated carbocycles. The van der Waals surface area contributed by atoms with Crippen LogP contribution in [0.4, 0.5) is 10.1 Å². The Bertz CT molecular complexity index is 991. The number of fused-ring (bicyclic) bond motifs is 1. The Hall–Kier alpha value is -3.62. The molecule has 0 radical (unpaired) electrons. The molecule has 8 nitrogen and oxygen atoms in total. The van der Waals surface area contributed by atoms with Gasteiger partial charge in [0.25, 0.3) is 17.5 Å². The molecule has 1 aliphatic heterocycles. The summed E-state index contributed by atoms with van der Waals surface area (Å²) in [5, 5.41) is 10.9. The Morgan fingerprint density at radius 1 is 1.14 bits per heavy atom. The molecule has 2 aromatic carbocycles. The van der Waals surface area contributed by atoms with Gasteiger partial charge in [-0.05, 0) is 30.7 Å². The Morgan fingerprint density at radius 2 is 1.86 bits per heavy atom. The van der Waals surface area contributed by atoms with E-state index in [-0.39, 0.29) is 23.4 Å². The van der Waals surface area contributed by atoms with E-state index in [0.717, 1.165) is 17.0 Å². The third kappa shape index (κ3) is 3.59. The lowest BCUT2D eigenvalue weighted by molar-refractivity contribution is -0.384. The second-order valence-corrected chi connectivity index (χ2v) is 6.22. The topological polar surface area (TPSA) is 101 Å². The molecule has 0 atom stereocenters. The van der Waals surface area contributed by atoms with Crippen molar-refractivity contribution >= 4 is 23.4 Å². The largest absolute Gasteiger partial charge is 0.337 e. The number of imide groups is 1. The van der Waals surface area contributed by atoms with Gasteiger partial charge in [0.15, 0.2) is 0 Å². The maximum Gasteiger partial charge on any atom is 0.270 e. The van der Waals surface area contributed by atoms with Crippen molar-refractivity contribution in [2.75, 3.05) is 13.1 Å². The molecule has 0 unspecified atom stereocenters. The van der Waals surface area contributed by atoms with E-state index in [0.29, 0.717) is 12.1 Å². The average Bonchev–Trinajstić information content (AvgIpc) is 2.90. The van der Waals surface area contributed by atoms with Crippen LogP contribution in [0.25, 0.3) is 0 Å². The summed E-state index contributed by atoms with van der Waals surface area (Å²) in [4.78, 5) is 49.9. The normalized spacial score (nSPS) is 12.9. The molecule has 9 heteroatoms. The van der Waals surface area contributed by atoms with Crippen LogP contribution >= 0.6 is 0 Å². The highest BCUT2D eigenvalue weighted by molar-refractivity contribution is 6.22. The monoisotopic (exact) mass is 385 g/mol. The third-order valence-corrected chi connectivity index (χ3v) is 4.46. The number of halogens is 1. The molecule has 0 saturated heterocycles. The number of rotatable bonds is 6. The van der Waals surface area contributed by atoms with Crippen LogP contribution in [0.15, 0.2) is 42.5 Å². The van der Waals surface area contributed by atoms with Crippen molar-refractivity contribution in [2.24, 2.45) is 0 Å². The Kier molecular flexibility index (Phi) is 5.16. The van der Waals surface area contributed by atoms with E-state index in [1.807, 2.05) is 0 Å². The van der Waals surface area contributed by atoms with Crippen molar-refractivity contribution in [1.29, 1.82) is 0 Å². The summed E-state index contributed by atoms with van der Waals surface area (Å²) in [7, 11) is 0. The van der Waals surface area contributed by atoms with Crippen molar-refractivity contribution in [2.45, 2.75) is 13.5 Å². The molecule has 0 aromatic heterocycles. The fourth-order valence-electron chi connectivity index (χ4n) is 3.00. The van der Waals surface area contributed by atoms with Crippen LogP contribution in [0.3, 0.4) is 0 Å². The zero-order valence-electron chi connectivity index (χ0n) is 14.9. The highest BCUT2D eigenvalue weighted by atomic mass is 19.1. The summed E-state index contributed by atoms with van der Waals surface area (Å²) >= 11 is 0. The lowest BCUT2D eigenvalue weighted by Gasteiger charge is -2.23. The fraction of sp³-hybridized carbons (Fsp3) is 0.211. The molecule has 0 spiro atoms. The van der Waals surface area contributed by atoms with Gasteiger partial charge in [-0.15, -0.1) is 0 Å². The molecule has 3 rings (SSSR count). The second kappa shape index (κ2) is 7.55. The number of carbonyl (C=O) groups is 3. The number of nitro benzene ring substituents is 1. The molecule has 0 aliphatic carbocycles. The molecular formula is C19H16FN3O5. The van der Waals surface area contributed by atoms with Crippen molar-refractivity contribution in [3.8, 4) is 0 Å². The van der Waals surface area contributed by atoms with Gasteiger partial charge in [0.1, 0.15) is 12.4 Å². The first-order valence-electron chi connectivity index (χ1n) is 8.48. The summed E-state index contributed by atoms with van der Waals surface area (Å²) in [6.07, 6.45) is 0. The van der Waals surface area contributed by atoms with Gasteiger partial charge < -0.3 is 4.90 Å². The minimum Gasteiger partial charge on any atom is -0.337 e. The van der Waals surface area contributed by atoms with Gasteiger partial charge in [0, 0.05) is 25.2 Å². The van der Waals surface area contributed by atoms with E-state index < -0.39 is 35.0 Å². The first-order valence-corrected chi connectivity index (χ1v) is 8.48. The first-order chi connectivity index (χ1) is 13.3. The van der Waals surface area contributed by atoms with Gasteiger partial charge in [0.05, 0.1) is 16.1 Å². The standard InChI is InChI=1S/C19H16FN3O5/c1-2-21(10-12-4-3-5-13(20)8-12)17(24)11-22-18(25)15-7-6-14(23(27)28)9-16(15)19(22)26/h3-9H,2,10-11H2,1H3. The van der Waals surface area contributed by atoms with Gasteiger partial charge in [-0.1, -0.05) is 12.1 Å². The molecule has 0 N–H and O–H groups in total. The second-order valence-electron chi connectivity index (χ2n) is 6.22. The van der Waals surface area contributed by atoms with E-state index in [2.05, 4.69) is 0 Å². The number of carbonyl (C=O) groups excluding carboxylic acids is 3. The van der Waals surface area contributed by atoms with Gasteiger partial charge in [-0.25, -0.2) is 4.39 Å². The number of hydrogen-bond acceptors (Lipinski definition) is 5. The van der Waals surface area contributed by atoms with E-state index in [1.54, 1.807) is 13.0 Å². The van der Waals surface area contributed by atoms with Crippen LogP contribution in [0.2, 0.25) is 0 Å². The molecule has 0 fully saturated rings. The van der Waals surface area contributed by atoms with Crippen molar-refractivity contribution < 1.29 is 23.7 Å². The molecule has 0 bridgehead atoms. The van der Waals surface area contributed by atoms with Crippen molar-refractivity contribution in [3.05, 3.63) is 75.1 Å². The molecule has 28 heavy (non-hydrogen) atoms. The summed E-state index contributed by atoms with van der Waals surface area (Å²) in [6.45, 7) is 1.65. The SMILES string of the molecule is CCN(Cc1cccc(F)c1)C(=O)CN1C(=O)c2ccc([N+](=O)[O-])cc2C1=O. The molecule has 3 amide bonds. The number of nitro groups is 1. The number of likely N-dealkylation sites (N-methyl/N-ethyl adjacent to an activating group) is 1. The summed E-state index contributed by atoms with van der Waals surface area (Å²) in [5.74, 6) is -2.34. The molecule has 1 aliphatic rings. The van der Waals surface area contributed by atoms with Gasteiger partial charge in [-0.2, -0.15) is 0 Å². The fourth-order valence-corrected chi connectivity index (χ4v) is 3.00. The predicted molar refractivity (Wildman–Crippen MR) is 96.0 cm³/mol. The Balaban J connectivity index is 1.76. The van der Waals surface area contributed by atoms with Crippen LogP contribution in [0, 0.1) is 15.9 Å². The molecule has 2 aromatic rings.